The second-order valence-electron chi connectivity index (χ2n) is 4.18. The van der Waals surface area contributed by atoms with Crippen molar-refractivity contribution < 1.29 is 8.42 Å². The van der Waals surface area contributed by atoms with Crippen LogP contribution in [-0.4, -0.2) is 23.7 Å². The molecule has 5 heteroatoms. The molecule has 1 heterocycles. The third kappa shape index (κ3) is 2.03. The first kappa shape index (κ1) is 13.1. The Hall–Kier alpha value is -1.36. The van der Waals surface area contributed by atoms with E-state index in [4.69, 9.17) is 0 Å². The summed E-state index contributed by atoms with van der Waals surface area (Å²) in [5, 5.41) is 0. The van der Waals surface area contributed by atoms with Gasteiger partial charge in [0.15, 0.2) is 9.84 Å². The highest BCUT2D eigenvalue weighted by Gasteiger charge is 2.15. The minimum atomic E-state index is -3.16. The fraction of sp³-hybridized carbons (Fsp3) is 0.462. The van der Waals surface area contributed by atoms with E-state index in [9.17, 15) is 8.42 Å². The van der Waals surface area contributed by atoms with Crippen molar-refractivity contribution in [3.63, 3.8) is 0 Å². The predicted octanol–water partition coefficient (Wildman–Crippen LogP) is 2.41. The molecule has 0 aliphatic heterocycles. The Morgan fingerprint density at radius 1 is 1.22 bits per heavy atom. The summed E-state index contributed by atoms with van der Waals surface area (Å²) in [5.41, 5.74) is 1.77. The number of hydrogen-bond acceptors (Lipinski definition) is 3. The molecule has 0 atom stereocenters. The van der Waals surface area contributed by atoms with E-state index in [1.807, 2.05) is 6.07 Å². The van der Waals surface area contributed by atoms with Gasteiger partial charge in [0, 0.05) is 13.0 Å². The average molecular weight is 266 g/mol. The summed E-state index contributed by atoms with van der Waals surface area (Å²) in [4.78, 5) is 4.87. The van der Waals surface area contributed by atoms with Gasteiger partial charge in [-0.15, -0.1) is 0 Å². The SMILES string of the molecule is CCc1nc2cc(S(=O)(=O)CC)ccc2n1CC. The van der Waals surface area contributed by atoms with Crippen molar-refractivity contribution in [2.24, 2.45) is 0 Å². The lowest BCUT2D eigenvalue weighted by molar-refractivity contribution is 0.597. The first-order valence-corrected chi connectivity index (χ1v) is 7.90. The van der Waals surface area contributed by atoms with Crippen LogP contribution in [0.3, 0.4) is 0 Å². The van der Waals surface area contributed by atoms with Crippen LogP contribution in [-0.2, 0) is 22.8 Å². The lowest BCUT2D eigenvalue weighted by Crippen LogP contribution is -2.03. The molecule has 0 aliphatic rings. The molecule has 2 rings (SSSR count). The van der Waals surface area contributed by atoms with Gasteiger partial charge in [-0.2, -0.15) is 0 Å². The molecular weight excluding hydrogens is 248 g/mol. The average Bonchev–Trinajstić information content (AvgIpc) is 2.75. The van der Waals surface area contributed by atoms with Crippen LogP contribution in [0.5, 0.6) is 0 Å². The summed E-state index contributed by atoms with van der Waals surface area (Å²) < 4.78 is 25.8. The van der Waals surface area contributed by atoms with E-state index < -0.39 is 9.84 Å². The predicted molar refractivity (Wildman–Crippen MR) is 72.5 cm³/mol. The lowest BCUT2D eigenvalue weighted by atomic mass is 10.3. The van der Waals surface area contributed by atoms with Gasteiger partial charge in [-0.05, 0) is 25.1 Å². The van der Waals surface area contributed by atoms with Crippen molar-refractivity contribution in [2.45, 2.75) is 38.6 Å². The minimum Gasteiger partial charge on any atom is -0.328 e. The maximum atomic E-state index is 11.8. The van der Waals surface area contributed by atoms with Crippen LogP contribution in [0.1, 0.15) is 26.6 Å². The molecule has 1 aromatic carbocycles. The van der Waals surface area contributed by atoms with Crippen LogP contribution in [0.4, 0.5) is 0 Å². The number of hydrogen-bond donors (Lipinski definition) is 0. The Kier molecular flexibility index (Phi) is 3.43. The number of benzene rings is 1. The number of sulfone groups is 1. The van der Waals surface area contributed by atoms with Gasteiger partial charge < -0.3 is 4.57 Å². The molecule has 1 aromatic heterocycles. The Morgan fingerprint density at radius 2 is 1.94 bits per heavy atom. The molecular formula is C13H18N2O2S. The highest BCUT2D eigenvalue weighted by atomic mass is 32.2. The maximum absolute atomic E-state index is 11.8. The molecule has 98 valence electrons. The summed E-state index contributed by atoms with van der Waals surface area (Å²) in [6, 6.07) is 5.21. The van der Waals surface area contributed by atoms with E-state index in [1.165, 1.54) is 0 Å². The smallest absolute Gasteiger partial charge is 0.178 e. The molecule has 0 fully saturated rings. The second kappa shape index (κ2) is 4.72. The van der Waals surface area contributed by atoms with Gasteiger partial charge in [0.05, 0.1) is 21.7 Å². The van der Waals surface area contributed by atoms with Gasteiger partial charge in [0.2, 0.25) is 0 Å². The van der Waals surface area contributed by atoms with Crippen LogP contribution in [0, 0.1) is 0 Å². The van der Waals surface area contributed by atoms with Crippen molar-refractivity contribution in [3.05, 3.63) is 24.0 Å². The number of imidazole rings is 1. The summed E-state index contributed by atoms with van der Waals surface area (Å²) in [6.45, 7) is 6.62. The summed E-state index contributed by atoms with van der Waals surface area (Å²) in [5.74, 6) is 1.12. The molecule has 0 saturated heterocycles. The van der Waals surface area contributed by atoms with E-state index >= 15 is 0 Å². The highest BCUT2D eigenvalue weighted by molar-refractivity contribution is 7.91. The second-order valence-corrected chi connectivity index (χ2v) is 6.46. The van der Waals surface area contributed by atoms with Crippen molar-refractivity contribution in [1.29, 1.82) is 0 Å². The van der Waals surface area contributed by atoms with E-state index in [1.54, 1.807) is 19.1 Å². The lowest BCUT2D eigenvalue weighted by Gasteiger charge is -2.04. The zero-order valence-electron chi connectivity index (χ0n) is 11.0. The van der Waals surface area contributed by atoms with Crippen LogP contribution < -0.4 is 0 Å². The third-order valence-corrected chi connectivity index (χ3v) is 4.90. The zero-order valence-corrected chi connectivity index (χ0v) is 11.8. The van der Waals surface area contributed by atoms with Crippen LogP contribution in [0.15, 0.2) is 23.1 Å². The van der Waals surface area contributed by atoms with Gasteiger partial charge >= 0.3 is 0 Å². The van der Waals surface area contributed by atoms with Crippen LogP contribution >= 0.6 is 0 Å². The Balaban J connectivity index is 2.67. The molecule has 0 aliphatic carbocycles. The minimum absolute atomic E-state index is 0.119. The Morgan fingerprint density at radius 3 is 2.50 bits per heavy atom. The number of rotatable bonds is 4. The Labute approximate surface area is 108 Å². The zero-order chi connectivity index (χ0) is 13.3. The van der Waals surface area contributed by atoms with Gasteiger partial charge in [-0.1, -0.05) is 13.8 Å². The van der Waals surface area contributed by atoms with E-state index in [-0.39, 0.29) is 5.75 Å². The molecule has 0 spiro atoms. The summed E-state index contributed by atoms with van der Waals surface area (Å²) in [7, 11) is -3.16. The number of fused-ring (bicyclic) bond motifs is 1. The first-order chi connectivity index (χ1) is 8.53. The monoisotopic (exact) mass is 266 g/mol. The summed E-state index contributed by atoms with van der Waals surface area (Å²) >= 11 is 0. The molecule has 0 bridgehead atoms. The Bertz CT molecular complexity index is 672. The normalized spacial score (nSPS) is 12.2. The molecule has 18 heavy (non-hydrogen) atoms. The standard InChI is InChI=1S/C13H18N2O2S/c1-4-13-14-11-9-10(18(16,17)6-3)7-8-12(11)15(13)5-2/h7-9H,4-6H2,1-3H3. The number of aromatic nitrogens is 2. The van der Waals surface area contributed by atoms with E-state index in [0.717, 1.165) is 29.8 Å². The summed E-state index contributed by atoms with van der Waals surface area (Å²) in [6.07, 6.45) is 0.846. The molecule has 0 N–H and O–H groups in total. The maximum Gasteiger partial charge on any atom is 0.178 e. The molecule has 0 saturated carbocycles. The van der Waals surface area contributed by atoms with E-state index in [2.05, 4.69) is 23.4 Å². The quantitative estimate of drug-likeness (QED) is 0.854. The fourth-order valence-electron chi connectivity index (χ4n) is 2.14. The molecule has 0 radical (unpaired) electrons. The molecule has 4 nitrogen and oxygen atoms in total. The van der Waals surface area contributed by atoms with Gasteiger partial charge in [0.1, 0.15) is 5.82 Å². The van der Waals surface area contributed by atoms with Gasteiger partial charge in [-0.25, -0.2) is 13.4 Å². The van der Waals surface area contributed by atoms with Crippen LogP contribution in [0.25, 0.3) is 11.0 Å². The van der Waals surface area contributed by atoms with Gasteiger partial charge in [0.25, 0.3) is 0 Å². The topological polar surface area (TPSA) is 52.0 Å². The van der Waals surface area contributed by atoms with Gasteiger partial charge in [-0.3, -0.25) is 0 Å². The number of nitrogens with zero attached hydrogens (tertiary/aromatic N) is 2. The number of aryl methyl sites for hydroxylation is 2. The molecule has 2 aromatic rings. The highest BCUT2D eigenvalue weighted by Crippen LogP contribution is 2.21. The van der Waals surface area contributed by atoms with Crippen LogP contribution in [0.2, 0.25) is 0 Å². The van der Waals surface area contributed by atoms with Crippen molar-refractivity contribution >= 4 is 20.9 Å². The fourth-order valence-corrected chi connectivity index (χ4v) is 3.04. The molecule has 0 amide bonds. The van der Waals surface area contributed by atoms with Crippen molar-refractivity contribution in [2.75, 3.05) is 5.75 Å². The van der Waals surface area contributed by atoms with Crippen molar-refractivity contribution in [3.8, 4) is 0 Å². The molecule has 0 unspecified atom stereocenters. The largest absolute Gasteiger partial charge is 0.328 e. The third-order valence-electron chi connectivity index (χ3n) is 3.17. The first-order valence-electron chi connectivity index (χ1n) is 6.25. The van der Waals surface area contributed by atoms with Crippen molar-refractivity contribution in [1.82, 2.24) is 9.55 Å². The van der Waals surface area contributed by atoms with E-state index in [0.29, 0.717) is 4.90 Å².